The maximum absolute atomic E-state index is 12.8. The first-order valence-corrected chi connectivity index (χ1v) is 10.5. The van der Waals surface area contributed by atoms with Gasteiger partial charge in [0, 0.05) is 24.4 Å². The fourth-order valence-electron chi connectivity index (χ4n) is 4.24. The molecule has 1 atom stereocenters. The Labute approximate surface area is 176 Å². The summed E-state index contributed by atoms with van der Waals surface area (Å²) >= 11 is 0. The van der Waals surface area contributed by atoms with Gasteiger partial charge in [0.15, 0.2) is 0 Å². The van der Waals surface area contributed by atoms with Crippen LogP contribution in [0, 0.1) is 10.1 Å². The number of nitrogens with zero attached hydrogens (tertiary/aromatic N) is 3. The van der Waals surface area contributed by atoms with Crippen LogP contribution in [-0.2, 0) is 14.4 Å². The zero-order valence-corrected chi connectivity index (χ0v) is 17.8. The van der Waals surface area contributed by atoms with E-state index >= 15 is 0 Å². The van der Waals surface area contributed by atoms with Gasteiger partial charge in [0.1, 0.15) is 6.10 Å². The lowest BCUT2D eigenvalue weighted by Crippen LogP contribution is -2.41. The summed E-state index contributed by atoms with van der Waals surface area (Å²) in [6, 6.07) is 6.36. The molecule has 162 valence electrons. The Morgan fingerprint density at radius 1 is 1.33 bits per heavy atom. The molecule has 0 saturated heterocycles. The van der Waals surface area contributed by atoms with E-state index in [1.807, 2.05) is 6.92 Å². The van der Waals surface area contributed by atoms with E-state index in [-0.39, 0.29) is 11.8 Å². The first-order valence-electron chi connectivity index (χ1n) is 10.5. The van der Waals surface area contributed by atoms with Crippen molar-refractivity contribution in [2.24, 2.45) is 5.16 Å². The van der Waals surface area contributed by atoms with Gasteiger partial charge < -0.3 is 14.5 Å². The van der Waals surface area contributed by atoms with Gasteiger partial charge >= 0.3 is 5.97 Å². The molecule has 0 aromatic heterocycles. The van der Waals surface area contributed by atoms with E-state index in [0.29, 0.717) is 23.4 Å². The van der Waals surface area contributed by atoms with E-state index in [2.05, 4.69) is 17.0 Å². The van der Waals surface area contributed by atoms with Crippen molar-refractivity contribution >= 4 is 17.4 Å². The molecule has 30 heavy (non-hydrogen) atoms. The molecule has 8 heteroatoms. The van der Waals surface area contributed by atoms with Crippen LogP contribution in [0.15, 0.2) is 40.7 Å². The second-order valence-electron chi connectivity index (χ2n) is 7.79. The lowest BCUT2D eigenvalue weighted by molar-refractivity contribution is -0.384. The monoisotopic (exact) mass is 415 g/mol. The first-order chi connectivity index (χ1) is 14.5. The lowest BCUT2D eigenvalue weighted by Gasteiger charge is -2.36. The smallest absolute Gasteiger partial charge is 0.336 e. The second kappa shape index (κ2) is 9.73. The summed E-state index contributed by atoms with van der Waals surface area (Å²) in [6.45, 7) is 5.22. The number of ether oxygens (including phenoxy) is 1. The number of hydrogen-bond acceptors (Lipinski definition) is 7. The molecule has 0 radical (unpaired) electrons. The van der Waals surface area contributed by atoms with E-state index in [1.165, 1.54) is 19.2 Å². The van der Waals surface area contributed by atoms with Crippen LogP contribution in [-0.4, -0.2) is 47.8 Å². The third-order valence-electron chi connectivity index (χ3n) is 5.77. The zero-order chi connectivity index (χ0) is 21.7. The van der Waals surface area contributed by atoms with E-state index in [9.17, 15) is 14.9 Å². The largest absolute Gasteiger partial charge is 0.466 e. The Morgan fingerprint density at radius 2 is 2.07 bits per heavy atom. The van der Waals surface area contributed by atoms with Crippen LogP contribution in [0.4, 0.5) is 5.69 Å². The molecule has 1 aromatic rings. The van der Waals surface area contributed by atoms with Crippen LogP contribution in [0.25, 0.3) is 0 Å². The summed E-state index contributed by atoms with van der Waals surface area (Å²) in [5.74, 6) is -1.01. The average Bonchev–Trinajstić information content (AvgIpc) is 3.27. The van der Waals surface area contributed by atoms with Gasteiger partial charge in [-0.2, -0.15) is 0 Å². The van der Waals surface area contributed by atoms with Crippen molar-refractivity contribution in [3.8, 4) is 0 Å². The number of allylic oxidation sites excluding steroid dienone is 1. The summed E-state index contributed by atoms with van der Waals surface area (Å²) < 4.78 is 5.09. The summed E-state index contributed by atoms with van der Waals surface area (Å²) in [6.07, 6.45) is 5.17. The standard InChI is InChI=1S/C22H29N3O5/c1-4-12-24-14-19(23-30-18-10-5-6-11-18)21(20(15(24)2)22(26)29-3)16-8-7-9-17(13-16)25(27)28/h7-9,13,18,21H,4-6,10-12,14H2,1-3H3. The maximum atomic E-state index is 12.8. The van der Waals surface area contributed by atoms with Crippen molar-refractivity contribution in [1.82, 2.24) is 4.90 Å². The first kappa shape index (κ1) is 21.8. The number of hydrogen-bond donors (Lipinski definition) is 0. The molecule has 2 aliphatic rings. The van der Waals surface area contributed by atoms with Crippen molar-refractivity contribution in [2.45, 2.75) is 58.0 Å². The van der Waals surface area contributed by atoms with Crippen LogP contribution >= 0.6 is 0 Å². The number of carbonyl (C=O) groups is 1. The SMILES string of the molecule is CCCN1CC(=NOC2CCCC2)C(c2cccc([N+](=O)[O-])c2)C(C(=O)OC)=C1C. The van der Waals surface area contributed by atoms with Gasteiger partial charge in [-0.05, 0) is 44.6 Å². The minimum Gasteiger partial charge on any atom is -0.466 e. The number of oxime groups is 1. The number of esters is 1. The summed E-state index contributed by atoms with van der Waals surface area (Å²) in [7, 11) is 1.34. The molecule has 1 aliphatic heterocycles. The predicted octanol–water partition coefficient (Wildman–Crippen LogP) is 4.17. The van der Waals surface area contributed by atoms with Crippen molar-refractivity contribution in [2.75, 3.05) is 20.2 Å². The zero-order valence-electron chi connectivity index (χ0n) is 17.8. The second-order valence-corrected chi connectivity index (χ2v) is 7.79. The van der Waals surface area contributed by atoms with Crippen molar-refractivity contribution < 1.29 is 19.3 Å². The Balaban J connectivity index is 2.10. The lowest BCUT2D eigenvalue weighted by atomic mass is 9.82. The molecule has 0 bridgehead atoms. The van der Waals surface area contributed by atoms with Crippen LogP contribution in [0.1, 0.15) is 57.4 Å². The van der Waals surface area contributed by atoms with Gasteiger partial charge in [0.2, 0.25) is 0 Å². The molecule has 1 saturated carbocycles. The molecule has 0 amide bonds. The Kier molecular flexibility index (Phi) is 7.07. The van der Waals surface area contributed by atoms with Crippen LogP contribution in [0.5, 0.6) is 0 Å². The Bertz CT molecular complexity index is 858. The van der Waals surface area contributed by atoms with E-state index in [0.717, 1.165) is 44.3 Å². The topological polar surface area (TPSA) is 94.3 Å². The number of carbonyl (C=O) groups excluding carboxylic acids is 1. The minimum absolute atomic E-state index is 0.0265. The van der Waals surface area contributed by atoms with Gasteiger partial charge in [-0.1, -0.05) is 24.2 Å². The molecule has 1 heterocycles. The molecule has 0 N–H and O–H groups in total. The number of rotatable bonds is 7. The third kappa shape index (κ3) is 4.63. The fraction of sp³-hybridized carbons (Fsp3) is 0.545. The highest BCUT2D eigenvalue weighted by atomic mass is 16.6. The quantitative estimate of drug-likeness (QED) is 0.377. The molecule has 1 aromatic carbocycles. The van der Waals surface area contributed by atoms with Gasteiger partial charge in [-0.25, -0.2) is 4.79 Å². The van der Waals surface area contributed by atoms with Crippen molar-refractivity contribution in [3.05, 3.63) is 51.2 Å². The van der Waals surface area contributed by atoms with Crippen LogP contribution < -0.4 is 0 Å². The fourth-order valence-corrected chi connectivity index (χ4v) is 4.24. The molecule has 1 aliphatic carbocycles. The number of benzene rings is 1. The summed E-state index contributed by atoms with van der Waals surface area (Å²) in [5, 5.41) is 15.8. The Morgan fingerprint density at radius 3 is 2.70 bits per heavy atom. The van der Waals surface area contributed by atoms with E-state index < -0.39 is 16.8 Å². The van der Waals surface area contributed by atoms with Crippen LogP contribution in [0.3, 0.4) is 0 Å². The number of non-ortho nitro benzene ring substituents is 1. The predicted molar refractivity (Wildman–Crippen MR) is 113 cm³/mol. The number of nitro benzene ring substituents is 1. The van der Waals surface area contributed by atoms with Gasteiger partial charge in [-0.15, -0.1) is 0 Å². The normalized spacial score (nSPS) is 21.2. The molecular formula is C22H29N3O5. The highest BCUT2D eigenvalue weighted by Crippen LogP contribution is 2.36. The highest BCUT2D eigenvalue weighted by molar-refractivity contribution is 6.06. The minimum atomic E-state index is -0.549. The number of nitro groups is 1. The van der Waals surface area contributed by atoms with Crippen molar-refractivity contribution in [1.29, 1.82) is 0 Å². The Hall–Kier alpha value is -2.90. The van der Waals surface area contributed by atoms with Gasteiger partial charge in [0.25, 0.3) is 5.69 Å². The summed E-state index contributed by atoms with van der Waals surface area (Å²) in [4.78, 5) is 31.6. The highest BCUT2D eigenvalue weighted by Gasteiger charge is 2.37. The number of methoxy groups -OCH3 is 1. The molecule has 3 rings (SSSR count). The molecule has 1 fully saturated rings. The van der Waals surface area contributed by atoms with E-state index in [4.69, 9.17) is 9.57 Å². The van der Waals surface area contributed by atoms with Crippen molar-refractivity contribution in [3.63, 3.8) is 0 Å². The van der Waals surface area contributed by atoms with Gasteiger partial charge in [-0.3, -0.25) is 10.1 Å². The van der Waals surface area contributed by atoms with Crippen LogP contribution in [0.2, 0.25) is 0 Å². The third-order valence-corrected chi connectivity index (χ3v) is 5.77. The molecule has 8 nitrogen and oxygen atoms in total. The average molecular weight is 415 g/mol. The van der Waals surface area contributed by atoms with Gasteiger partial charge in [0.05, 0.1) is 35.8 Å². The molecular weight excluding hydrogens is 386 g/mol. The van der Waals surface area contributed by atoms with E-state index in [1.54, 1.807) is 12.1 Å². The molecule has 0 spiro atoms. The maximum Gasteiger partial charge on any atom is 0.336 e. The summed E-state index contributed by atoms with van der Waals surface area (Å²) in [5.41, 5.74) is 2.53. The molecule has 1 unspecified atom stereocenters.